The van der Waals surface area contributed by atoms with Crippen molar-refractivity contribution in [2.45, 2.75) is 32.2 Å². The molecule has 1 fully saturated rings. The second-order valence-electron chi connectivity index (χ2n) is 7.12. The molecule has 0 radical (unpaired) electrons. The van der Waals surface area contributed by atoms with Crippen LogP contribution in [0.25, 0.3) is 0 Å². The number of ether oxygens (including phenoxy) is 1. The van der Waals surface area contributed by atoms with Gasteiger partial charge in [0.1, 0.15) is 11.3 Å². The van der Waals surface area contributed by atoms with Gasteiger partial charge in [0.15, 0.2) is 6.61 Å². The average molecular weight is 416 g/mol. The highest BCUT2D eigenvalue weighted by Gasteiger charge is 2.48. The fourth-order valence-electron chi connectivity index (χ4n) is 3.01. The number of rotatable bonds is 7. The van der Waals surface area contributed by atoms with Crippen LogP contribution in [0, 0.1) is 6.92 Å². The number of hydrogen-bond donors (Lipinski definition) is 2. The number of nitrogens with zero attached hydrogens (tertiary/aromatic N) is 1. The minimum absolute atomic E-state index is 0.348. The highest BCUT2D eigenvalue weighted by Crippen LogP contribution is 2.23. The number of nitrogens with one attached hydrogen (secondary N) is 2. The summed E-state index contributed by atoms with van der Waals surface area (Å²) in [6.07, 6.45) is 1.03. The Labute approximate surface area is 173 Å². The summed E-state index contributed by atoms with van der Waals surface area (Å²) < 4.78 is 5.40. The van der Waals surface area contributed by atoms with Gasteiger partial charge in [0, 0.05) is 5.02 Å². The van der Waals surface area contributed by atoms with E-state index in [2.05, 4.69) is 10.7 Å². The first-order chi connectivity index (χ1) is 13.8. The van der Waals surface area contributed by atoms with Gasteiger partial charge in [-0.15, -0.1) is 0 Å². The molecule has 152 valence electrons. The number of carbonyl (C=O) groups excluding carboxylic acids is 3. The van der Waals surface area contributed by atoms with Crippen LogP contribution in [0.5, 0.6) is 5.75 Å². The van der Waals surface area contributed by atoms with Crippen molar-refractivity contribution in [3.8, 4) is 5.75 Å². The number of halogens is 1. The third-order valence-electron chi connectivity index (χ3n) is 4.75. The van der Waals surface area contributed by atoms with E-state index in [9.17, 15) is 14.4 Å². The third kappa shape index (κ3) is 4.86. The molecule has 0 aromatic heterocycles. The van der Waals surface area contributed by atoms with Crippen molar-refractivity contribution in [2.75, 3.05) is 6.61 Å². The number of aryl methyl sites for hydroxylation is 2. The largest absolute Gasteiger partial charge is 0.484 e. The fraction of sp³-hybridized carbons (Fsp3) is 0.286. The van der Waals surface area contributed by atoms with Crippen molar-refractivity contribution in [2.24, 2.45) is 0 Å². The third-order valence-corrected chi connectivity index (χ3v) is 5.18. The van der Waals surface area contributed by atoms with E-state index in [-0.39, 0.29) is 6.61 Å². The number of benzene rings is 2. The molecule has 3 rings (SSSR count). The van der Waals surface area contributed by atoms with Gasteiger partial charge < -0.3 is 10.1 Å². The van der Waals surface area contributed by atoms with Crippen LogP contribution in [0.3, 0.4) is 0 Å². The maximum atomic E-state index is 12.7. The summed E-state index contributed by atoms with van der Waals surface area (Å²) >= 11 is 5.96. The van der Waals surface area contributed by atoms with Gasteiger partial charge in [0.05, 0.1) is 0 Å². The first-order valence-electron chi connectivity index (χ1n) is 9.17. The van der Waals surface area contributed by atoms with E-state index in [1.807, 2.05) is 37.3 Å². The molecule has 2 aromatic carbocycles. The van der Waals surface area contributed by atoms with E-state index < -0.39 is 23.4 Å². The molecule has 0 spiro atoms. The minimum atomic E-state index is -1.09. The van der Waals surface area contributed by atoms with Crippen LogP contribution in [0.4, 0.5) is 4.79 Å². The fourth-order valence-corrected chi connectivity index (χ4v) is 3.12. The number of hydrazine groups is 1. The first kappa shape index (κ1) is 20.7. The lowest BCUT2D eigenvalue weighted by Gasteiger charge is -2.21. The molecule has 1 aliphatic heterocycles. The lowest BCUT2D eigenvalue weighted by atomic mass is 9.93. The Kier molecular flexibility index (Phi) is 6.08. The predicted octanol–water partition coefficient (Wildman–Crippen LogP) is 3.00. The number of imide groups is 1. The molecule has 29 heavy (non-hydrogen) atoms. The summed E-state index contributed by atoms with van der Waals surface area (Å²) in [5, 5.41) is 3.97. The second kappa shape index (κ2) is 8.53. The van der Waals surface area contributed by atoms with E-state index in [0.717, 1.165) is 11.1 Å². The molecule has 2 N–H and O–H groups in total. The van der Waals surface area contributed by atoms with E-state index >= 15 is 0 Å². The number of amides is 4. The van der Waals surface area contributed by atoms with Gasteiger partial charge in [-0.1, -0.05) is 41.9 Å². The van der Waals surface area contributed by atoms with E-state index in [1.165, 1.54) is 0 Å². The van der Waals surface area contributed by atoms with Crippen molar-refractivity contribution >= 4 is 29.4 Å². The topological polar surface area (TPSA) is 87.7 Å². The minimum Gasteiger partial charge on any atom is -0.484 e. The van der Waals surface area contributed by atoms with Gasteiger partial charge in [-0.3, -0.25) is 15.0 Å². The van der Waals surface area contributed by atoms with Crippen molar-refractivity contribution in [3.05, 3.63) is 64.7 Å². The SMILES string of the molecule is Cc1cc(OCC(=O)NN2C(=O)N[C@](C)(CCc3ccccc3)C2=O)ccc1Cl. The molecular weight excluding hydrogens is 394 g/mol. The molecule has 4 amide bonds. The summed E-state index contributed by atoms with van der Waals surface area (Å²) in [5.41, 5.74) is 3.09. The first-order valence-corrected chi connectivity index (χ1v) is 9.55. The summed E-state index contributed by atoms with van der Waals surface area (Å²) in [5.74, 6) is -0.658. The molecule has 0 bridgehead atoms. The summed E-state index contributed by atoms with van der Waals surface area (Å²) in [7, 11) is 0. The second-order valence-corrected chi connectivity index (χ2v) is 7.53. The molecule has 0 unspecified atom stereocenters. The zero-order chi connectivity index (χ0) is 21.0. The highest BCUT2D eigenvalue weighted by molar-refractivity contribution is 6.31. The van der Waals surface area contributed by atoms with Crippen molar-refractivity contribution in [3.63, 3.8) is 0 Å². The average Bonchev–Trinajstić information content (AvgIpc) is 2.91. The Morgan fingerprint density at radius 2 is 1.93 bits per heavy atom. The molecule has 7 nitrogen and oxygen atoms in total. The van der Waals surface area contributed by atoms with Gasteiger partial charge in [-0.25, -0.2) is 4.79 Å². The molecule has 8 heteroatoms. The van der Waals surface area contributed by atoms with E-state index in [1.54, 1.807) is 25.1 Å². The Morgan fingerprint density at radius 1 is 1.21 bits per heavy atom. The smallest absolute Gasteiger partial charge is 0.344 e. The molecular formula is C21H22ClN3O4. The van der Waals surface area contributed by atoms with E-state index in [4.69, 9.17) is 16.3 Å². The van der Waals surface area contributed by atoms with Crippen molar-refractivity contribution < 1.29 is 19.1 Å². The van der Waals surface area contributed by atoms with Crippen LogP contribution < -0.4 is 15.5 Å². The molecule has 1 heterocycles. The lowest BCUT2D eigenvalue weighted by molar-refractivity contribution is -0.139. The van der Waals surface area contributed by atoms with E-state index in [0.29, 0.717) is 28.6 Å². The van der Waals surface area contributed by atoms with Crippen LogP contribution in [-0.4, -0.2) is 35.0 Å². The van der Waals surface area contributed by atoms with Crippen molar-refractivity contribution in [1.82, 2.24) is 15.8 Å². The van der Waals surface area contributed by atoms with Crippen LogP contribution in [-0.2, 0) is 16.0 Å². The summed E-state index contributed by atoms with van der Waals surface area (Å²) in [6, 6.07) is 14.0. The molecule has 1 aliphatic rings. The zero-order valence-corrected chi connectivity index (χ0v) is 17.0. The molecule has 2 aromatic rings. The molecule has 0 aliphatic carbocycles. The number of urea groups is 1. The van der Waals surface area contributed by atoms with Crippen molar-refractivity contribution in [1.29, 1.82) is 0 Å². The Hall–Kier alpha value is -3.06. The van der Waals surface area contributed by atoms with Gasteiger partial charge in [-0.05, 0) is 56.0 Å². The maximum absolute atomic E-state index is 12.7. The standard InChI is InChI=1S/C21H22ClN3O4/c1-14-12-16(8-9-17(14)22)29-13-18(26)24-25-19(27)21(2,23-20(25)28)11-10-15-6-4-3-5-7-15/h3-9,12H,10-11,13H2,1-2H3,(H,23,28)(H,24,26)/t21-/m1/s1. The number of hydrogen-bond acceptors (Lipinski definition) is 4. The van der Waals surface area contributed by atoms with Gasteiger partial charge in [0.25, 0.3) is 11.8 Å². The maximum Gasteiger partial charge on any atom is 0.344 e. The lowest BCUT2D eigenvalue weighted by Crippen LogP contribution is -2.50. The Balaban J connectivity index is 1.56. The Bertz CT molecular complexity index is 935. The zero-order valence-electron chi connectivity index (χ0n) is 16.2. The van der Waals surface area contributed by atoms with Gasteiger partial charge in [-0.2, -0.15) is 5.01 Å². The molecule has 0 saturated carbocycles. The predicted molar refractivity (Wildman–Crippen MR) is 108 cm³/mol. The summed E-state index contributed by atoms with van der Waals surface area (Å²) in [6.45, 7) is 3.12. The van der Waals surface area contributed by atoms with Crippen LogP contribution >= 0.6 is 11.6 Å². The Morgan fingerprint density at radius 3 is 2.62 bits per heavy atom. The quantitative estimate of drug-likeness (QED) is 0.680. The molecule has 1 atom stereocenters. The normalized spacial score (nSPS) is 18.5. The van der Waals surface area contributed by atoms with Crippen LogP contribution in [0.15, 0.2) is 48.5 Å². The summed E-state index contributed by atoms with van der Waals surface area (Å²) in [4.78, 5) is 37.1. The monoisotopic (exact) mass is 415 g/mol. The van der Waals surface area contributed by atoms with Crippen LogP contribution in [0.1, 0.15) is 24.5 Å². The van der Waals surface area contributed by atoms with Gasteiger partial charge in [0.2, 0.25) is 0 Å². The highest BCUT2D eigenvalue weighted by atomic mass is 35.5. The van der Waals surface area contributed by atoms with Crippen LogP contribution in [0.2, 0.25) is 5.02 Å². The van der Waals surface area contributed by atoms with Gasteiger partial charge >= 0.3 is 6.03 Å². The number of carbonyl (C=O) groups is 3. The molecule has 1 saturated heterocycles.